The normalized spacial score (nSPS) is 11.0. The molecule has 0 aliphatic carbocycles. The summed E-state index contributed by atoms with van der Waals surface area (Å²) >= 11 is 0. The van der Waals surface area contributed by atoms with E-state index in [1.807, 2.05) is 30.3 Å². The summed E-state index contributed by atoms with van der Waals surface area (Å²) in [6.07, 6.45) is 0.845. The van der Waals surface area contributed by atoms with Gasteiger partial charge in [0, 0.05) is 11.6 Å². The van der Waals surface area contributed by atoms with E-state index in [-0.39, 0.29) is 12.4 Å². The van der Waals surface area contributed by atoms with E-state index in [1.54, 1.807) is 31.2 Å². The third kappa shape index (κ3) is 4.98. The van der Waals surface area contributed by atoms with Crippen LogP contribution in [0.4, 0.5) is 0 Å². The fourth-order valence-electron chi connectivity index (χ4n) is 1.93. The average Bonchev–Trinajstić information content (AvgIpc) is 2.61. The van der Waals surface area contributed by atoms with E-state index >= 15 is 0 Å². The highest BCUT2D eigenvalue weighted by Gasteiger charge is 2.13. The molecule has 0 amide bonds. The number of esters is 1. The zero-order chi connectivity index (χ0) is 17.4. The highest BCUT2D eigenvalue weighted by atomic mass is 16.5. The smallest absolute Gasteiger partial charge is 0.379 e. The van der Waals surface area contributed by atoms with Gasteiger partial charge in [0.2, 0.25) is 0 Å². The van der Waals surface area contributed by atoms with Gasteiger partial charge in [0.05, 0.1) is 6.61 Å². The summed E-state index contributed by atoms with van der Waals surface area (Å²) in [6, 6.07) is 16.3. The van der Waals surface area contributed by atoms with Crippen LogP contribution >= 0.6 is 0 Å². The molecule has 0 saturated heterocycles. The highest BCUT2D eigenvalue weighted by Crippen LogP contribution is 2.18. The number of ether oxygens (including phenoxy) is 2. The predicted molar refractivity (Wildman–Crippen MR) is 89.5 cm³/mol. The summed E-state index contributed by atoms with van der Waals surface area (Å²) < 4.78 is 10.2. The van der Waals surface area contributed by atoms with Gasteiger partial charge in [-0.25, -0.2) is 4.79 Å². The predicted octanol–water partition coefficient (Wildman–Crippen LogP) is 3.30. The fourth-order valence-corrected chi connectivity index (χ4v) is 1.93. The van der Waals surface area contributed by atoms with Gasteiger partial charge < -0.3 is 14.6 Å². The molecule has 2 aromatic carbocycles. The molecule has 0 fully saturated rings. The molecule has 2 aromatic rings. The van der Waals surface area contributed by atoms with Crippen LogP contribution in [0.15, 0.2) is 60.7 Å². The van der Waals surface area contributed by atoms with Crippen LogP contribution < -0.4 is 4.74 Å². The van der Waals surface area contributed by atoms with E-state index in [1.165, 1.54) is 0 Å². The van der Waals surface area contributed by atoms with Gasteiger partial charge in [-0.1, -0.05) is 30.3 Å². The van der Waals surface area contributed by atoms with Crippen LogP contribution in [0.25, 0.3) is 5.76 Å². The Morgan fingerprint density at radius 2 is 1.71 bits per heavy atom. The first-order valence-electron chi connectivity index (χ1n) is 7.49. The number of rotatable bonds is 7. The maximum Gasteiger partial charge on any atom is 0.379 e. The van der Waals surface area contributed by atoms with Gasteiger partial charge in [0.15, 0.2) is 0 Å². The highest BCUT2D eigenvalue weighted by molar-refractivity contribution is 6.39. The van der Waals surface area contributed by atoms with E-state index in [2.05, 4.69) is 4.74 Å². The minimum atomic E-state index is -0.994. The monoisotopic (exact) mass is 326 g/mol. The zero-order valence-electron chi connectivity index (χ0n) is 13.3. The minimum Gasteiger partial charge on any atom is -0.507 e. The van der Waals surface area contributed by atoms with Gasteiger partial charge in [-0.15, -0.1) is 0 Å². The first-order valence-corrected chi connectivity index (χ1v) is 7.49. The van der Waals surface area contributed by atoms with Crippen LogP contribution in [0.1, 0.15) is 18.1 Å². The summed E-state index contributed by atoms with van der Waals surface area (Å²) in [5.74, 6) is -1.57. The van der Waals surface area contributed by atoms with Crippen molar-refractivity contribution in [2.75, 3.05) is 6.61 Å². The number of ketones is 1. The zero-order valence-corrected chi connectivity index (χ0v) is 13.3. The lowest BCUT2D eigenvalue weighted by atomic mass is 10.1. The SMILES string of the molecule is CCOC(=O)C(=O)C=C(O)c1ccc(OCc2ccccc2)cc1. The minimum absolute atomic E-state index is 0.104. The number of aliphatic hydroxyl groups excluding tert-OH is 1. The number of hydrogen-bond acceptors (Lipinski definition) is 5. The largest absolute Gasteiger partial charge is 0.507 e. The quantitative estimate of drug-likeness (QED) is 0.366. The number of aliphatic hydroxyl groups is 1. The molecular weight excluding hydrogens is 308 g/mol. The Kier molecular flexibility index (Phi) is 6.14. The van der Waals surface area contributed by atoms with Crippen molar-refractivity contribution in [3.05, 3.63) is 71.8 Å². The van der Waals surface area contributed by atoms with Crippen LogP contribution in [0.5, 0.6) is 5.75 Å². The summed E-state index contributed by atoms with van der Waals surface area (Å²) in [4.78, 5) is 22.7. The second kappa shape index (κ2) is 8.53. The molecule has 0 spiro atoms. The molecule has 5 nitrogen and oxygen atoms in total. The van der Waals surface area contributed by atoms with Crippen molar-refractivity contribution in [2.45, 2.75) is 13.5 Å². The topological polar surface area (TPSA) is 72.8 Å². The second-order valence-corrected chi connectivity index (χ2v) is 4.91. The number of benzene rings is 2. The van der Waals surface area contributed by atoms with E-state index in [0.29, 0.717) is 17.9 Å². The second-order valence-electron chi connectivity index (χ2n) is 4.91. The Morgan fingerprint density at radius 1 is 1.04 bits per heavy atom. The van der Waals surface area contributed by atoms with Crippen molar-refractivity contribution in [1.82, 2.24) is 0 Å². The van der Waals surface area contributed by atoms with Crippen molar-refractivity contribution in [2.24, 2.45) is 0 Å². The molecule has 2 rings (SSSR count). The third-order valence-electron chi connectivity index (χ3n) is 3.14. The van der Waals surface area contributed by atoms with Crippen LogP contribution in [0.2, 0.25) is 0 Å². The lowest BCUT2D eigenvalue weighted by Crippen LogP contribution is -2.15. The van der Waals surface area contributed by atoms with E-state index in [9.17, 15) is 14.7 Å². The van der Waals surface area contributed by atoms with Gasteiger partial charge in [0.1, 0.15) is 18.1 Å². The maximum atomic E-state index is 11.5. The van der Waals surface area contributed by atoms with E-state index < -0.39 is 11.8 Å². The van der Waals surface area contributed by atoms with Crippen molar-refractivity contribution >= 4 is 17.5 Å². The number of hydrogen-bond donors (Lipinski definition) is 1. The summed E-state index contributed by atoms with van der Waals surface area (Å²) in [5, 5.41) is 9.90. The molecule has 0 unspecified atom stereocenters. The number of carbonyl (C=O) groups is 2. The molecule has 0 aliphatic heterocycles. The first-order chi connectivity index (χ1) is 11.6. The van der Waals surface area contributed by atoms with Gasteiger partial charge in [-0.2, -0.15) is 0 Å². The lowest BCUT2D eigenvalue weighted by molar-refractivity contribution is -0.151. The summed E-state index contributed by atoms with van der Waals surface area (Å²) in [7, 11) is 0. The Bertz CT molecular complexity index is 717. The third-order valence-corrected chi connectivity index (χ3v) is 3.14. The summed E-state index contributed by atoms with van der Waals surface area (Å²) in [6.45, 7) is 2.14. The molecule has 124 valence electrons. The molecule has 0 bridgehead atoms. The van der Waals surface area contributed by atoms with Gasteiger partial charge in [-0.3, -0.25) is 4.79 Å². The van der Waals surface area contributed by atoms with Crippen LogP contribution in [0, 0.1) is 0 Å². The molecule has 0 saturated carbocycles. The molecule has 5 heteroatoms. The number of carbonyl (C=O) groups excluding carboxylic acids is 2. The van der Waals surface area contributed by atoms with Crippen LogP contribution in [0.3, 0.4) is 0 Å². The summed E-state index contributed by atoms with van der Waals surface area (Å²) in [5.41, 5.74) is 1.45. The molecule has 0 heterocycles. The van der Waals surface area contributed by atoms with E-state index in [0.717, 1.165) is 11.6 Å². The maximum absolute atomic E-state index is 11.5. The van der Waals surface area contributed by atoms with Crippen molar-refractivity contribution in [3.63, 3.8) is 0 Å². The fraction of sp³-hybridized carbons (Fsp3) is 0.158. The van der Waals surface area contributed by atoms with Gasteiger partial charge in [0.25, 0.3) is 5.78 Å². The standard InChI is InChI=1S/C19H18O5/c1-2-23-19(22)18(21)12-17(20)15-8-10-16(11-9-15)24-13-14-6-4-3-5-7-14/h3-12,20H,2,13H2,1H3. The molecule has 0 atom stereocenters. The van der Waals surface area contributed by atoms with Gasteiger partial charge in [-0.05, 0) is 36.8 Å². The van der Waals surface area contributed by atoms with Crippen molar-refractivity contribution < 1.29 is 24.2 Å². The molecular formula is C19H18O5. The molecule has 0 radical (unpaired) electrons. The Labute approximate surface area is 140 Å². The Hall–Kier alpha value is -3.08. The van der Waals surface area contributed by atoms with Crippen molar-refractivity contribution in [3.8, 4) is 5.75 Å². The molecule has 0 aliphatic rings. The van der Waals surface area contributed by atoms with E-state index in [4.69, 9.17) is 4.74 Å². The van der Waals surface area contributed by atoms with Crippen molar-refractivity contribution in [1.29, 1.82) is 0 Å². The molecule has 0 aromatic heterocycles. The Balaban J connectivity index is 1.98. The first kappa shape index (κ1) is 17.3. The van der Waals surface area contributed by atoms with Gasteiger partial charge >= 0.3 is 5.97 Å². The Morgan fingerprint density at radius 3 is 2.33 bits per heavy atom. The van der Waals surface area contributed by atoms with Crippen LogP contribution in [-0.4, -0.2) is 23.5 Å². The lowest BCUT2D eigenvalue weighted by Gasteiger charge is -2.07. The average molecular weight is 326 g/mol. The molecule has 24 heavy (non-hydrogen) atoms. The van der Waals surface area contributed by atoms with Crippen LogP contribution in [-0.2, 0) is 20.9 Å². The molecule has 1 N–H and O–H groups in total.